The minimum absolute atomic E-state index is 0.712. The molecule has 20 heavy (non-hydrogen) atoms. The summed E-state index contributed by atoms with van der Waals surface area (Å²) in [6, 6.07) is 9.42. The summed E-state index contributed by atoms with van der Waals surface area (Å²) < 4.78 is 5.29. The highest BCUT2D eigenvalue weighted by Crippen LogP contribution is 2.16. The molecular weight excluding hydrogens is 250 g/mol. The van der Waals surface area contributed by atoms with E-state index in [1.165, 1.54) is 50.4 Å². The molecule has 2 fully saturated rings. The van der Waals surface area contributed by atoms with Crippen molar-refractivity contribution in [3.63, 3.8) is 0 Å². The van der Waals surface area contributed by atoms with E-state index in [0.717, 1.165) is 12.6 Å². The molecule has 1 N–H and O–H groups in total. The Kier molecular flexibility index (Phi) is 4.68. The van der Waals surface area contributed by atoms with Gasteiger partial charge in [-0.3, -0.25) is 9.80 Å². The molecule has 0 unspecified atom stereocenters. The van der Waals surface area contributed by atoms with Crippen LogP contribution in [0.15, 0.2) is 24.3 Å². The zero-order chi connectivity index (χ0) is 13.8. The lowest BCUT2D eigenvalue weighted by molar-refractivity contribution is 0.0691. The molecule has 0 spiro atoms. The number of hydrogen-bond donors (Lipinski definition) is 1. The molecule has 1 aromatic rings. The predicted molar refractivity (Wildman–Crippen MR) is 80.7 cm³/mol. The Morgan fingerprint density at radius 3 is 2.40 bits per heavy atom. The number of nitrogens with one attached hydrogen (secondary N) is 1. The maximum absolute atomic E-state index is 5.29. The molecule has 0 aliphatic carbocycles. The summed E-state index contributed by atoms with van der Waals surface area (Å²) in [6.45, 7) is 8.89. The third-order valence-corrected chi connectivity index (χ3v) is 4.50. The molecule has 2 saturated heterocycles. The summed E-state index contributed by atoms with van der Waals surface area (Å²) >= 11 is 0. The highest BCUT2D eigenvalue weighted by molar-refractivity contribution is 5.26. The van der Waals surface area contributed by atoms with Crippen molar-refractivity contribution < 1.29 is 4.74 Å². The first-order valence-corrected chi connectivity index (χ1v) is 7.59. The summed E-state index contributed by atoms with van der Waals surface area (Å²) in [5, 5.41) is 3.36. The van der Waals surface area contributed by atoms with Crippen LogP contribution in [0.3, 0.4) is 0 Å². The van der Waals surface area contributed by atoms with Crippen LogP contribution in [0.4, 0.5) is 0 Å². The van der Waals surface area contributed by atoms with Crippen molar-refractivity contribution >= 4 is 0 Å². The van der Waals surface area contributed by atoms with E-state index in [2.05, 4.69) is 39.4 Å². The second-order valence-electron chi connectivity index (χ2n) is 5.83. The molecule has 0 saturated carbocycles. The van der Waals surface area contributed by atoms with Gasteiger partial charge in [-0.1, -0.05) is 24.3 Å². The first-order valence-electron chi connectivity index (χ1n) is 7.59. The first kappa shape index (κ1) is 14.0. The topological polar surface area (TPSA) is 27.7 Å². The maximum atomic E-state index is 5.29. The summed E-state index contributed by atoms with van der Waals surface area (Å²) in [6.07, 6.45) is 0. The maximum Gasteiger partial charge on any atom is 0.0716 e. The summed E-state index contributed by atoms with van der Waals surface area (Å²) in [4.78, 5) is 5.20. The molecule has 110 valence electrons. The third-order valence-electron chi connectivity index (χ3n) is 4.50. The van der Waals surface area contributed by atoms with Gasteiger partial charge >= 0.3 is 0 Å². The van der Waals surface area contributed by atoms with Gasteiger partial charge in [-0.15, -0.1) is 0 Å². The molecule has 0 amide bonds. The van der Waals surface area contributed by atoms with Crippen molar-refractivity contribution in [2.45, 2.75) is 19.2 Å². The Labute approximate surface area is 121 Å². The van der Waals surface area contributed by atoms with Crippen molar-refractivity contribution in [3.8, 4) is 0 Å². The molecule has 0 aromatic heterocycles. The van der Waals surface area contributed by atoms with Gasteiger partial charge in [0.15, 0.2) is 0 Å². The molecule has 0 radical (unpaired) electrons. The second-order valence-corrected chi connectivity index (χ2v) is 5.83. The quantitative estimate of drug-likeness (QED) is 0.865. The first-order chi connectivity index (χ1) is 9.86. The molecule has 3 rings (SSSR count). The van der Waals surface area contributed by atoms with Crippen molar-refractivity contribution in [1.82, 2.24) is 15.1 Å². The van der Waals surface area contributed by atoms with Crippen molar-refractivity contribution in [2.75, 3.05) is 46.4 Å². The van der Waals surface area contributed by atoms with Gasteiger partial charge in [0.2, 0.25) is 0 Å². The van der Waals surface area contributed by atoms with Crippen molar-refractivity contribution in [3.05, 3.63) is 35.4 Å². The van der Waals surface area contributed by atoms with Crippen LogP contribution in [-0.2, 0) is 17.9 Å². The zero-order valence-electron chi connectivity index (χ0n) is 12.3. The molecule has 2 aliphatic rings. The smallest absolute Gasteiger partial charge is 0.0716 e. The molecule has 4 nitrogen and oxygen atoms in total. The molecule has 0 bridgehead atoms. The average Bonchev–Trinajstić information content (AvgIpc) is 2.41. The Morgan fingerprint density at radius 1 is 1.10 bits per heavy atom. The van der Waals surface area contributed by atoms with Gasteiger partial charge in [0.05, 0.1) is 6.61 Å². The molecule has 0 atom stereocenters. The Bertz CT molecular complexity index is 425. The van der Waals surface area contributed by atoms with E-state index < -0.39 is 0 Å². The number of hydrogen-bond acceptors (Lipinski definition) is 4. The highest BCUT2D eigenvalue weighted by atomic mass is 16.5. The number of piperazine rings is 1. The molecule has 2 aliphatic heterocycles. The average molecular weight is 275 g/mol. The zero-order valence-corrected chi connectivity index (χ0v) is 12.3. The summed E-state index contributed by atoms with van der Waals surface area (Å²) in [7, 11) is 1.77. The van der Waals surface area contributed by atoms with E-state index in [9.17, 15) is 0 Å². The van der Waals surface area contributed by atoms with Crippen molar-refractivity contribution in [1.29, 1.82) is 0 Å². The number of rotatable bonds is 5. The van der Waals surface area contributed by atoms with Crippen LogP contribution in [0.5, 0.6) is 0 Å². The lowest BCUT2D eigenvalue weighted by Crippen LogP contribution is -2.61. The molecule has 4 heteroatoms. The van der Waals surface area contributed by atoms with Crippen LogP contribution in [0.2, 0.25) is 0 Å². The van der Waals surface area contributed by atoms with Gasteiger partial charge in [-0.25, -0.2) is 0 Å². The number of ether oxygens (including phenoxy) is 1. The summed E-state index contributed by atoms with van der Waals surface area (Å²) in [5.41, 5.74) is 2.73. The van der Waals surface area contributed by atoms with Gasteiger partial charge in [0.25, 0.3) is 0 Å². The fourth-order valence-electron chi connectivity index (χ4n) is 3.07. The van der Waals surface area contributed by atoms with Gasteiger partial charge in [0, 0.05) is 59.0 Å². The highest BCUT2D eigenvalue weighted by Gasteiger charge is 2.27. The fraction of sp³-hybridized carbons (Fsp3) is 0.625. The Balaban J connectivity index is 1.54. The lowest BCUT2D eigenvalue weighted by atomic mass is 10.1. The molecular formula is C16H25N3O. The van der Waals surface area contributed by atoms with E-state index in [1.54, 1.807) is 7.11 Å². The van der Waals surface area contributed by atoms with E-state index >= 15 is 0 Å². The van der Waals surface area contributed by atoms with Gasteiger partial charge in [-0.05, 0) is 11.1 Å². The van der Waals surface area contributed by atoms with Crippen LogP contribution >= 0.6 is 0 Å². The SMILES string of the molecule is COCc1ccccc1CN1CCN(C2CNC2)CC1. The molecule has 1 aromatic carbocycles. The standard InChI is InChI=1S/C16H25N3O/c1-20-13-15-5-3-2-4-14(15)12-18-6-8-19(9-7-18)16-10-17-11-16/h2-5,16-17H,6-13H2,1H3. The predicted octanol–water partition coefficient (Wildman–Crippen LogP) is 0.922. The largest absolute Gasteiger partial charge is 0.380 e. The van der Waals surface area contributed by atoms with Crippen LogP contribution < -0.4 is 5.32 Å². The van der Waals surface area contributed by atoms with Gasteiger partial charge in [-0.2, -0.15) is 0 Å². The van der Waals surface area contributed by atoms with E-state index in [0.29, 0.717) is 6.61 Å². The van der Waals surface area contributed by atoms with Crippen molar-refractivity contribution in [2.24, 2.45) is 0 Å². The van der Waals surface area contributed by atoms with E-state index in [4.69, 9.17) is 4.74 Å². The van der Waals surface area contributed by atoms with Crippen LogP contribution in [0.25, 0.3) is 0 Å². The number of nitrogens with zero attached hydrogens (tertiary/aromatic N) is 2. The Hall–Kier alpha value is -0.940. The normalized spacial score (nSPS) is 21.9. The fourth-order valence-corrected chi connectivity index (χ4v) is 3.07. The van der Waals surface area contributed by atoms with E-state index in [1.807, 2.05) is 0 Å². The molecule has 2 heterocycles. The lowest BCUT2D eigenvalue weighted by Gasteiger charge is -2.43. The monoisotopic (exact) mass is 275 g/mol. The van der Waals surface area contributed by atoms with E-state index in [-0.39, 0.29) is 0 Å². The van der Waals surface area contributed by atoms with Gasteiger partial charge in [0.1, 0.15) is 0 Å². The van der Waals surface area contributed by atoms with Crippen LogP contribution in [-0.4, -0.2) is 62.2 Å². The minimum Gasteiger partial charge on any atom is -0.380 e. The van der Waals surface area contributed by atoms with Crippen LogP contribution in [0.1, 0.15) is 11.1 Å². The minimum atomic E-state index is 0.712. The third kappa shape index (κ3) is 3.20. The van der Waals surface area contributed by atoms with Crippen LogP contribution in [0, 0.1) is 0 Å². The Morgan fingerprint density at radius 2 is 1.80 bits per heavy atom. The summed E-state index contributed by atoms with van der Waals surface area (Å²) in [5.74, 6) is 0. The second kappa shape index (κ2) is 6.68. The van der Waals surface area contributed by atoms with Gasteiger partial charge < -0.3 is 10.1 Å². The number of methoxy groups -OCH3 is 1. The number of benzene rings is 1.